The van der Waals surface area contributed by atoms with E-state index in [1.807, 2.05) is 56.4 Å². The molecule has 10 nitrogen and oxygen atoms in total. The molecule has 0 amide bonds. The summed E-state index contributed by atoms with van der Waals surface area (Å²) in [6.45, 7) is 7.57. The minimum atomic E-state index is -1.51. The molecule has 240 valence electrons. The van der Waals surface area contributed by atoms with Gasteiger partial charge in [0.2, 0.25) is 0 Å². The predicted molar refractivity (Wildman–Crippen MR) is 166 cm³/mol. The lowest BCUT2D eigenvalue weighted by molar-refractivity contribution is -0.355. The number of aliphatic hydroxyl groups is 3. The van der Waals surface area contributed by atoms with Crippen LogP contribution in [0, 0.1) is 11.8 Å². The minimum absolute atomic E-state index is 0.109. The molecule has 0 aromatic heterocycles. The molecule has 0 spiro atoms. The van der Waals surface area contributed by atoms with Crippen LogP contribution in [0.25, 0.3) is 0 Å². The highest BCUT2D eigenvalue weighted by Crippen LogP contribution is 2.34. The number of hydrogen-bond donors (Lipinski definition) is 5. The van der Waals surface area contributed by atoms with Crippen LogP contribution in [0.3, 0.4) is 0 Å². The summed E-state index contributed by atoms with van der Waals surface area (Å²) >= 11 is 0. The van der Waals surface area contributed by atoms with E-state index in [9.17, 15) is 35.1 Å². The first-order valence-corrected chi connectivity index (χ1v) is 14.6. The number of fused-ring (bicyclic) bond motifs is 2. The number of aliphatic carboxylic acids is 2. The van der Waals surface area contributed by atoms with Crippen LogP contribution in [0.4, 0.5) is 0 Å². The molecule has 0 radical (unpaired) electrons. The summed E-state index contributed by atoms with van der Waals surface area (Å²) in [4.78, 5) is 33.4. The van der Waals surface area contributed by atoms with Gasteiger partial charge in [-0.1, -0.05) is 106 Å². The van der Waals surface area contributed by atoms with Crippen LogP contribution in [0.1, 0.15) is 40.5 Å². The summed E-state index contributed by atoms with van der Waals surface area (Å²) in [5.74, 6) is -1.71. The van der Waals surface area contributed by atoms with Crippen molar-refractivity contribution in [3.8, 4) is 0 Å². The summed E-state index contributed by atoms with van der Waals surface area (Å²) in [6, 6.07) is 0. The van der Waals surface area contributed by atoms with Crippen molar-refractivity contribution in [1.29, 1.82) is 0 Å². The molecule has 2 bridgehead atoms. The second-order valence-electron chi connectivity index (χ2n) is 10.8. The van der Waals surface area contributed by atoms with E-state index in [0.717, 1.165) is 18.4 Å². The van der Waals surface area contributed by atoms with Crippen LogP contribution in [-0.4, -0.2) is 74.6 Å². The smallest absolute Gasteiger partial charge is 0.338 e. The summed E-state index contributed by atoms with van der Waals surface area (Å²) in [6.07, 6.45) is 19.4. The number of allylic oxidation sites excluding steroid dienone is 14. The third kappa shape index (κ3) is 11.4. The van der Waals surface area contributed by atoms with Gasteiger partial charge in [-0.2, -0.15) is 0 Å². The third-order valence-electron chi connectivity index (χ3n) is 7.04. The maximum Gasteiger partial charge on any atom is 0.338 e. The maximum absolute atomic E-state index is 11.8. The summed E-state index contributed by atoms with van der Waals surface area (Å²) in [5.41, 5.74) is 0.743. The first-order valence-electron chi connectivity index (χ1n) is 14.6. The van der Waals surface area contributed by atoms with Crippen LogP contribution < -0.4 is 0 Å². The van der Waals surface area contributed by atoms with Crippen LogP contribution in [0.5, 0.6) is 0 Å². The molecule has 10 heteroatoms. The Labute approximate surface area is 258 Å². The Morgan fingerprint density at radius 2 is 1.48 bits per heavy atom. The molecule has 0 aromatic carbocycles. The van der Waals surface area contributed by atoms with Crippen molar-refractivity contribution in [2.45, 2.75) is 71.1 Å². The Morgan fingerprint density at radius 3 is 2.02 bits per heavy atom. The van der Waals surface area contributed by atoms with E-state index >= 15 is 0 Å². The highest BCUT2D eigenvalue weighted by Gasteiger charge is 2.50. The number of carboxylic acid groups (broad SMARTS) is 2. The number of rotatable bonds is 15. The van der Waals surface area contributed by atoms with Crippen molar-refractivity contribution < 1.29 is 49.6 Å². The molecule has 2 aliphatic heterocycles. The molecule has 7 unspecified atom stereocenters. The molecule has 44 heavy (non-hydrogen) atoms. The number of carboxylic acids is 2. The normalized spacial score (nSPS) is 26.8. The number of hydrogen-bond acceptors (Lipinski definition) is 8. The van der Waals surface area contributed by atoms with E-state index in [-0.39, 0.29) is 17.3 Å². The van der Waals surface area contributed by atoms with Gasteiger partial charge in [0, 0.05) is 0 Å². The van der Waals surface area contributed by atoms with Gasteiger partial charge in [-0.25, -0.2) is 19.4 Å². The average molecular weight is 613 g/mol. The first-order chi connectivity index (χ1) is 21.0. The largest absolute Gasteiger partial charge is 0.484 e. The average Bonchev–Trinajstić information content (AvgIpc) is 3.04. The fraction of sp³-hybridized carbons (Fsp3) is 0.412. The molecule has 2 aliphatic rings. The van der Waals surface area contributed by atoms with E-state index in [2.05, 4.69) is 13.8 Å². The van der Waals surface area contributed by atoms with E-state index in [0.29, 0.717) is 11.5 Å². The van der Waals surface area contributed by atoms with E-state index in [4.69, 9.17) is 14.5 Å². The Kier molecular flexibility index (Phi) is 15.5. The number of aliphatic hydroxyl groups excluding tert-OH is 3. The van der Waals surface area contributed by atoms with E-state index < -0.39 is 49.1 Å². The van der Waals surface area contributed by atoms with Gasteiger partial charge < -0.3 is 30.3 Å². The molecule has 1 fully saturated rings. The Hall–Kier alpha value is -3.80. The highest BCUT2D eigenvalue weighted by atomic mass is 17.2. The quantitative estimate of drug-likeness (QED) is 0.101. The van der Waals surface area contributed by atoms with Crippen molar-refractivity contribution in [2.24, 2.45) is 11.8 Å². The van der Waals surface area contributed by atoms with Crippen molar-refractivity contribution in [2.75, 3.05) is 6.61 Å². The minimum Gasteiger partial charge on any atom is -0.484 e. The molecule has 1 saturated heterocycles. The molecule has 7 atom stereocenters. The number of ether oxygens (including phenoxy) is 1. The Morgan fingerprint density at radius 1 is 0.886 bits per heavy atom. The third-order valence-corrected chi connectivity index (χ3v) is 7.04. The van der Waals surface area contributed by atoms with Crippen molar-refractivity contribution >= 4 is 11.9 Å². The molecule has 2 heterocycles. The van der Waals surface area contributed by atoms with Gasteiger partial charge in [0.1, 0.15) is 29.6 Å². The van der Waals surface area contributed by atoms with Crippen LogP contribution in [-0.2, 0) is 24.1 Å². The SMILES string of the molecule is CCC(C)CC(C)/C=C(/C=C(C)/C=C/C=C/C=C/C=C/C=C/C=C/C1=C(C(=O)O)C2OOC(CO)C(O)C(O1)C2O)C(=O)O. The van der Waals surface area contributed by atoms with Crippen molar-refractivity contribution in [3.05, 3.63) is 108 Å². The fourth-order valence-corrected chi connectivity index (χ4v) is 4.55. The molecule has 0 aromatic rings. The van der Waals surface area contributed by atoms with Gasteiger partial charge in [-0.05, 0) is 37.3 Å². The second-order valence-corrected chi connectivity index (χ2v) is 10.8. The van der Waals surface area contributed by atoms with Gasteiger partial charge >= 0.3 is 11.9 Å². The van der Waals surface area contributed by atoms with Crippen LogP contribution >= 0.6 is 0 Å². The van der Waals surface area contributed by atoms with Crippen LogP contribution in [0.2, 0.25) is 0 Å². The zero-order valence-corrected chi connectivity index (χ0v) is 25.5. The summed E-state index contributed by atoms with van der Waals surface area (Å²) in [5, 5.41) is 49.3. The molecular weight excluding hydrogens is 568 g/mol. The van der Waals surface area contributed by atoms with Gasteiger partial charge in [0.25, 0.3) is 0 Å². The van der Waals surface area contributed by atoms with Gasteiger partial charge in [0.15, 0.2) is 12.2 Å². The topological polar surface area (TPSA) is 163 Å². The van der Waals surface area contributed by atoms with E-state index in [1.54, 1.807) is 30.4 Å². The summed E-state index contributed by atoms with van der Waals surface area (Å²) < 4.78 is 5.57. The second kappa shape index (κ2) is 18.8. The highest BCUT2D eigenvalue weighted by molar-refractivity contribution is 5.90. The molecule has 0 saturated carbocycles. The number of carbonyl (C=O) groups is 2. The molecular formula is C34H44O10. The zero-order valence-electron chi connectivity index (χ0n) is 25.5. The van der Waals surface area contributed by atoms with Gasteiger partial charge in [0.05, 0.1) is 12.2 Å². The molecule has 5 N–H and O–H groups in total. The van der Waals surface area contributed by atoms with Crippen LogP contribution in [0.15, 0.2) is 108 Å². The van der Waals surface area contributed by atoms with Crippen molar-refractivity contribution in [1.82, 2.24) is 0 Å². The lowest BCUT2D eigenvalue weighted by Crippen LogP contribution is -2.52. The maximum atomic E-state index is 11.8. The standard InChI is InChI=1S/C34H44O10/c1-5-22(2)18-24(4)20-25(33(38)39)19-23(3)16-14-12-10-8-6-7-9-11-13-15-17-26-28(34(40)41)31-30(37)32(42-26)29(36)27(21-35)43-44-31/h6-17,19-20,22,24,27,29-32,35-37H,5,18,21H2,1-4H3,(H,38,39)(H,40,41)/b8-6+,9-7+,12-10+,13-11+,16-14+,17-15+,23-19+,25-20-. The predicted octanol–water partition coefficient (Wildman–Crippen LogP) is 4.50. The summed E-state index contributed by atoms with van der Waals surface area (Å²) in [7, 11) is 0. The van der Waals surface area contributed by atoms with E-state index in [1.165, 1.54) is 12.2 Å². The van der Waals surface area contributed by atoms with Crippen molar-refractivity contribution in [3.63, 3.8) is 0 Å². The molecule has 0 aliphatic carbocycles. The Balaban J connectivity index is 1.93. The zero-order chi connectivity index (χ0) is 32.6. The molecule has 2 rings (SSSR count). The fourth-order valence-electron chi connectivity index (χ4n) is 4.55. The van der Waals surface area contributed by atoms with Gasteiger partial charge in [-0.3, -0.25) is 0 Å². The first kappa shape index (κ1) is 36.4. The lowest BCUT2D eigenvalue weighted by Gasteiger charge is -2.34. The lowest BCUT2D eigenvalue weighted by atomic mass is 9.91. The van der Waals surface area contributed by atoms with Gasteiger partial charge in [-0.15, -0.1) is 0 Å². The Bertz CT molecular complexity index is 1250. The monoisotopic (exact) mass is 612 g/mol.